The van der Waals surface area contributed by atoms with Crippen LogP contribution in [-0.2, 0) is 30.9 Å². The molecule has 4 rings (SSSR count). The van der Waals surface area contributed by atoms with Crippen LogP contribution in [0.4, 0.5) is 0 Å². The Kier molecular flexibility index (Phi) is 7.56. The molecule has 1 atom stereocenters. The van der Waals surface area contributed by atoms with Crippen LogP contribution in [0.1, 0.15) is 12.8 Å². The number of thioether (sulfide) groups is 1. The Bertz CT molecular complexity index is 1380. The number of piperidine rings is 1. The second-order valence-corrected chi connectivity index (χ2v) is 11.7. The molecule has 0 bridgehead atoms. The lowest BCUT2D eigenvalue weighted by molar-refractivity contribution is -0.141. The Morgan fingerprint density at radius 2 is 1.97 bits per heavy atom. The molecule has 1 saturated heterocycles. The van der Waals surface area contributed by atoms with Gasteiger partial charge in [-0.15, -0.1) is 11.8 Å². The third-order valence-electron chi connectivity index (χ3n) is 5.72. The molecule has 8 nitrogen and oxygen atoms in total. The van der Waals surface area contributed by atoms with Gasteiger partial charge in [-0.3, -0.25) is 9.59 Å². The fourth-order valence-electron chi connectivity index (χ4n) is 3.90. The lowest BCUT2D eigenvalue weighted by atomic mass is 9.99. The Morgan fingerprint density at radius 1 is 1.21 bits per heavy atom. The van der Waals surface area contributed by atoms with E-state index in [2.05, 4.69) is 4.99 Å². The number of methoxy groups -OCH3 is 1. The van der Waals surface area contributed by atoms with Gasteiger partial charge in [0.15, 0.2) is 4.80 Å². The molecule has 0 aliphatic carbocycles. The van der Waals surface area contributed by atoms with Gasteiger partial charge in [-0.1, -0.05) is 29.5 Å². The van der Waals surface area contributed by atoms with E-state index in [0.717, 1.165) is 15.1 Å². The summed E-state index contributed by atoms with van der Waals surface area (Å²) in [5, 5.41) is 0. The molecule has 0 spiro atoms. The maximum absolute atomic E-state index is 13.2. The van der Waals surface area contributed by atoms with Gasteiger partial charge in [0.1, 0.15) is 6.54 Å². The van der Waals surface area contributed by atoms with E-state index in [1.807, 2.05) is 24.5 Å². The Hall–Kier alpha value is -2.47. The molecule has 0 radical (unpaired) electrons. The first kappa shape index (κ1) is 24.6. The maximum atomic E-state index is 13.2. The standard InChI is InChI=1S/C23H25N3O5S3/c1-31-21(27)15-26-19-11-10-17(32-2)13-20(19)33-23(26)24-22(28)16-7-6-12-25(14-16)34(29,30)18-8-4-3-5-9-18/h3-5,8-11,13,16H,6-7,12,14-15H2,1-2H3. The average Bonchev–Trinajstić information content (AvgIpc) is 3.20. The smallest absolute Gasteiger partial charge is 0.325 e. The van der Waals surface area contributed by atoms with E-state index in [9.17, 15) is 18.0 Å². The summed E-state index contributed by atoms with van der Waals surface area (Å²) in [6.45, 7) is 0.377. The van der Waals surface area contributed by atoms with Crippen molar-refractivity contribution in [3.63, 3.8) is 0 Å². The molecule has 1 unspecified atom stereocenters. The minimum absolute atomic E-state index is 0.0690. The average molecular weight is 520 g/mol. The van der Waals surface area contributed by atoms with Crippen molar-refractivity contribution in [1.29, 1.82) is 0 Å². The second-order valence-electron chi connectivity index (χ2n) is 7.85. The quantitative estimate of drug-likeness (QED) is 0.367. The van der Waals surface area contributed by atoms with Crippen molar-refractivity contribution in [3.05, 3.63) is 53.3 Å². The van der Waals surface area contributed by atoms with Crippen LogP contribution >= 0.6 is 23.1 Å². The third kappa shape index (κ3) is 5.12. The van der Waals surface area contributed by atoms with Gasteiger partial charge in [-0.05, 0) is 49.4 Å². The van der Waals surface area contributed by atoms with Gasteiger partial charge in [-0.25, -0.2) is 8.42 Å². The summed E-state index contributed by atoms with van der Waals surface area (Å²) in [7, 11) is -2.37. The van der Waals surface area contributed by atoms with Gasteiger partial charge in [0.25, 0.3) is 5.91 Å². The lowest BCUT2D eigenvalue weighted by Gasteiger charge is -2.30. The number of carbonyl (C=O) groups excluding carboxylic acids is 2. The van der Waals surface area contributed by atoms with E-state index in [4.69, 9.17) is 4.74 Å². The normalized spacial score (nSPS) is 17.7. The SMILES string of the molecule is COC(=O)Cn1c(=NC(=O)C2CCCN(S(=O)(=O)c3ccccc3)C2)sc2cc(SC)ccc21. The Labute approximate surface area is 206 Å². The predicted octanol–water partition coefficient (Wildman–Crippen LogP) is 3.13. The van der Waals surface area contributed by atoms with Crippen molar-refractivity contribution in [2.45, 2.75) is 29.2 Å². The van der Waals surface area contributed by atoms with Gasteiger partial charge in [-0.2, -0.15) is 9.30 Å². The van der Waals surface area contributed by atoms with Crippen LogP contribution in [0.5, 0.6) is 0 Å². The molecule has 0 saturated carbocycles. The number of thiazole rings is 1. The highest BCUT2D eigenvalue weighted by Crippen LogP contribution is 2.26. The molecular weight excluding hydrogens is 494 g/mol. The van der Waals surface area contributed by atoms with E-state index >= 15 is 0 Å². The summed E-state index contributed by atoms with van der Waals surface area (Å²) in [4.78, 5) is 31.2. The number of carbonyl (C=O) groups is 2. The van der Waals surface area contributed by atoms with Gasteiger partial charge in [0, 0.05) is 18.0 Å². The predicted molar refractivity (Wildman–Crippen MR) is 132 cm³/mol. The van der Waals surface area contributed by atoms with Crippen molar-refractivity contribution in [2.24, 2.45) is 10.9 Å². The second kappa shape index (κ2) is 10.4. The third-order valence-corrected chi connectivity index (χ3v) is 9.37. The largest absolute Gasteiger partial charge is 0.468 e. The minimum Gasteiger partial charge on any atom is -0.468 e. The molecule has 3 aromatic rings. The van der Waals surface area contributed by atoms with Gasteiger partial charge in [0.2, 0.25) is 10.0 Å². The van der Waals surface area contributed by atoms with Crippen LogP contribution in [0.25, 0.3) is 10.2 Å². The van der Waals surface area contributed by atoms with Crippen LogP contribution in [0.15, 0.2) is 63.3 Å². The van der Waals surface area contributed by atoms with E-state index < -0.39 is 21.9 Å². The van der Waals surface area contributed by atoms with Crippen molar-refractivity contribution in [3.8, 4) is 0 Å². The number of ether oxygens (including phenoxy) is 1. The maximum Gasteiger partial charge on any atom is 0.325 e. The summed E-state index contributed by atoms with van der Waals surface area (Å²) in [6.07, 6.45) is 3.11. The van der Waals surface area contributed by atoms with Crippen molar-refractivity contribution in [1.82, 2.24) is 8.87 Å². The first-order chi connectivity index (χ1) is 16.3. The highest BCUT2D eigenvalue weighted by Gasteiger charge is 2.33. The molecule has 34 heavy (non-hydrogen) atoms. The number of sulfonamides is 1. The first-order valence-corrected chi connectivity index (χ1v) is 14.2. The molecule has 2 aromatic carbocycles. The van der Waals surface area contributed by atoms with Gasteiger partial charge < -0.3 is 9.30 Å². The molecule has 1 amide bonds. The molecule has 180 valence electrons. The monoisotopic (exact) mass is 519 g/mol. The highest BCUT2D eigenvalue weighted by molar-refractivity contribution is 7.98. The summed E-state index contributed by atoms with van der Waals surface area (Å²) < 4.78 is 34.8. The number of fused-ring (bicyclic) bond motifs is 1. The number of benzene rings is 2. The fourth-order valence-corrected chi connectivity index (χ4v) is 7.04. The van der Waals surface area contributed by atoms with E-state index in [1.54, 1.807) is 46.7 Å². The molecule has 1 aromatic heterocycles. The van der Waals surface area contributed by atoms with Crippen molar-refractivity contribution >= 4 is 55.2 Å². The first-order valence-electron chi connectivity index (χ1n) is 10.7. The summed E-state index contributed by atoms with van der Waals surface area (Å²) in [6, 6.07) is 14.1. The zero-order valence-corrected chi connectivity index (χ0v) is 21.3. The number of hydrogen-bond donors (Lipinski definition) is 0. The summed E-state index contributed by atoms with van der Waals surface area (Å²) in [5.74, 6) is -1.38. The van der Waals surface area contributed by atoms with Crippen LogP contribution in [0.2, 0.25) is 0 Å². The van der Waals surface area contributed by atoms with Crippen LogP contribution in [-0.4, -0.2) is 55.6 Å². The van der Waals surface area contributed by atoms with Gasteiger partial charge >= 0.3 is 5.97 Å². The van der Waals surface area contributed by atoms with Crippen LogP contribution in [0, 0.1) is 5.92 Å². The van der Waals surface area contributed by atoms with Crippen LogP contribution in [0.3, 0.4) is 0 Å². The van der Waals surface area contributed by atoms with E-state index in [-0.39, 0.29) is 23.9 Å². The summed E-state index contributed by atoms with van der Waals surface area (Å²) >= 11 is 2.92. The molecule has 1 aliphatic heterocycles. The fraction of sp³-hybridized carbons (Fsp3) is 0.348. The molecule has 1 aliphatic rings. The minimum atomic E-state index is -3.68. The van der Waals surface area contributed by atoms with Crippen molar-refractivity contribution in [2.75, 3.05) is 26.5 Å². The molecule has 11 heteroatoms. The molecular formula is C23H25N3O5S3. The number of aromatic nitrogens is 1. The highest BCUT2D eigenvalue weighted by atomic mass is 32.2. The number of hydrogen-bond acceptors (Lipinski definition) is 7. The molecule has 0 N–H and O–H groups in total. The number of esters is 1. The number of rotatable bonds is 6. The zero-order chi connectivity index (χ0) is 24.3. The molecule has 2 heterocycles. The summed E-state index contributed by atoms with van der Waals surface area (Å²) in [5.41, 5.74) is 0.789. The topological polar surface area (TPSA) is 98.0 Å². The number of nitrogens with zero attached hydrogens (tertiary/aromatic N) is 3. The van der Waals surface area contributed by atoms with Gasteiger partial charge in [0.05, 0.1) is 28.1 Å². The zero-order valence-electron chi connectivity index (χ0n) is 18.8. The Balaban J connectivity index is 1.66. The van der Waals surface area contributed by atoms with Crippen LogP contribution < -0.4 is 4.80 Å². The number of amides is 1. The van der Waals surface area contributed by atoms with E-state index in [0.29, 0.717) is 24.2 Å². The van der Waals surface area contributed by atoms with E-state index in [1.165, 1.54) is 22.8 Å². The lowest BCUT2D eigenvalue weighted by Crippen LogP contribution is -2.42. The molecule has 1 fully saturated rings. The Morgan fingerprint density at radius 3 is 2.68 bits per heavy atom. The van der Waals surface area contributed by atoms with Crippen molar-refractivity contribution < 1.29 is 22.7 Å².